The normalized spacial score (nSPS) is 16.4. The summed E-state index contributed by atoms with van der Waals surface area (Å²) in [5.41, 5.74) is 1.45. The summed E-state index contributed by atoms with van der Waals surface area (Å²) in [5, 5.41) is 0. The van der Waals surface area contributed by atoms with Gasteiger partial charge in [-0.3, -0.25) is 0 Å². The minimum atomic E-state index is 0.509. The largest absolute Gasteiger partial charge is 0.356 e. The molecule has 1 unspecified atom stereocenters. The number of benzene rings is 1. The van der Waals surface area contributed by atoms with Gasteiger partial charge in [-0.15, -0.1) is 0 Å². The third kappa shape index (κ3) is 8.41. The topological polar surface area (TPSA) is 6.48 Å². The molecule has 2 nitrogen and oxygen atoms in total. The number of unbranched alkanes of at least 4 members (excludes halogenated alkanes) is 9. The first-order chi connectivity index (χ1) is 13.3. The predicted molar refractivity (Wildman–Crippen MR) is 119 cm³/mol. The molecule has 0 aromatic heterocycles. The maximum absolute atomic E-state index is 2.60. The molecule has 0 N–H and O–H groups in total. The van der Waals surface area contributed by atoms with Crippen molar-refractivity contribution in [2.75, 3.05) is 13.1 Å². The molecule has 2 heteroatoms. The highest BCUT2D eigenvalue weighted by Gasteiger charge is 2.25. The van der Waals surface area contributed by atoms with Crippen LogP contribution in [0.5, 0.6) is 0 Å². The number of hydrogen-bond donors (Lipinski definition) is 0. The average Bonchev–Trinajstić information content (AvgIpc) is 3.07. The molecule has 27 heavy (non-hydrogen) atoms. The van der Waals surface area contributed by atoms with E-state index < -0.39 is 0 Å². The molecule has 0 fully saturated rings. The first-order valence-electron chi connectivity index (χ1n) is 11.6. The van der Waals surface area contributed by atoms with Crippen molar-refractivity contribution in [3.8, 4) is 0 Å². The summed E-state index contributed by atoms with van der Waals surface area (Å²) in [4.78, 5) is 5.19. The molecule has 1 heterocycles. The predicted octanol–water partition coefficient (Wildman–Crippen LogP) is 6.97. The highest BCUT2D eigenvalue weighted by Crippen LogP contribution is 2.22. The molecule has 0 saturated heterocycles. The zero-order valence-corrected chi connectivity index (χ0v) is 17.9. The van der Waals surface area contributed by atoms with Crippen molar-refractivity contribution in [3.05, 3.63) is 48.3 Å². The molecule has 1 aliphatic heterocycles. The summed E-state index contributed by atoms with van der Waals surface area (Å²) in [6.45, 7) is 6.98. The first-order valence-corrected chi connectivity index (χ1v) is 11.6. The lowest BCUT2D eigenvalue weighted by atomic mass is 10.1. The van der Waals surface area contributed by atoms with E-state index in [4.69, 9.17) is 0 Å². The van der Waals surface area contributed by atoms with E-state index in [1.165, 1.54) is 89.3 Å². The van der Waals surface area contributed by atoms with Crippen molar-refractivity contribution in [2.24, 2.45) is 0 Å². The molecular formula is C25H42N2. The Morgan fingerprint density at radius 3 is 1.63 bits per heavy atom. The van der Waals surface area contributed by atoms with E-state index in [1.807, 2.05) is 0 Å². The maximum atomic E-state index is 2.60. The fourth-order valence-electron chi connectivity index (χ4n) is 4.04. The Morgan fingerprint density at radius 1 is 0.630 bits per heavy atom. The number of hydrogen-bond acceptors (Lipinski definition) is 2. The summed E-state index contributed by atoms with van der Waals surface area (Å²) in [5.74, 6) is 0. The molecule has 0 spiro atoms. The van der Waals surface area contributed by atoms with Crippen LogP contribution in [-0.4, -0.2) is 29.1 Å². The summed E-state index contributed by atoms with van der Waals surface area (Å²) in [6, 6.07) is 11.0. The molecule has 0 aliphatic carbocycles. The minimum Gasteiger partial charge on any atom is -0.356 e. The Kier molecular flexibility index (Phi) is 11.1. The number of nitrogens with zero attached hydrogens (tertiary/aromatic N) is 2. The van der Waals surface area contributed by atoms with Gasteiger partial charge in [0.2, 0.25) is 0 Å². The molecule has 152 valence electrons. The summed E-state index contributed by atoms with van der Waals surface area (Å²) in [6.07, 6.45) is 21.4. The van der Waals surface area contributed by atoms with Crippen LogP contribution >= 0.6 is 0 Å². The fraction of sp³-hybridized carbons (Fsp3) is 0.680. The molecule has 0 bridgehead atoms. The van der Waals surface area contributed by atoms with Crippen LogP contribution in [0.2, 0.25) is 0 Å². The van der Waals surface area contributed by atoms with Crippen LogP contribution < -0.4 is 0 Å². The van der Waals surface area contributed by atoms with Crippen LogP contribution in [0.25, 0.3) is 0 Å². The van der Waals surface area contributed by atoms with E-state index >= 15 is 0 Å². The smallest absolute Gasteiger partial charge is 0.105 e. The molecule has 0 radical (unpaired) electrons. The van der Waals surface area contributed by atoms with Crippen molar-refractivity contribution in [3.63, 3.8) is 0 Å². The van der Waals surface area contributed by atoms with Crippen molar-refractivity contribution >= 4 is 0 Å². The summed E-state index contributed by atoms with van der Waals surface area (Å²) < 4.78 is 0. The lowest BCUT2D eigenvalue weighted by Crippen LogP contribution is -2.41. The van der Waals surface area contributed by atoms with Crippen LogP contribution in [0.4, 0.5) is 0 Å². The Bertz CT molecular complexity index is 496. The van der Waals surface area contributed by atoms with Gasteiger partial charge in [0.25, 0.3) is 0 Å². The zero-order chi connectivity index (χ0) is 19.2. The van der Waals surface area contributed by atoms with E-state index in [9.17, 15) is 0 Å². The van der Waals surface area contributed by atoms with Crippen LogP contribution in [0.15, 0.2) is 42.7 Å². The van der Waals surface area contributed by atoms with E-state index in [1.54, 1.807) is 0 Å². The van der Waals surface area contributed by atoms with Gasteiger partial charge in [-0.25, -0.2) is 0 Å². The second-order valence-corrected chi connectivity index (χ2v) is 8.13. The molecule has 0 amide bonds. The van der Waals surface area contributed by atoms with Gasteiger partial charge in [-0.2, -0.15) is 0 Å². The minimum absolute atomic E-state index is 0.509. The number of rotatable bonds is 15. The monoisotopic (exact) mass is 370 g/mol. The van der Waals surface area contributed by atoms with E-state index in [2.05, 4.69) is 66.4 Å². The average molecular weight is 371 g/mol. The lowest BCUT2D eigenvalue weighted by Gasteiger charge is -2.33. The third-order valence-electron chi connectivity index (χ3n) is 5.77. The second-order valence-electron chi connectivity index (χ2n) is 8.13. The molecular weight excluding hydrogens is 328 g/mol. The highest BCUT2D eigenvalue weighted by molar-refractivity contribution is 5.17. The molecule has 0 saturated carbocycles. The molecule has 2 rings (SSSR count). The van der Waals surface area contributed by atoms with Crippen LogP contribution in [0, 0.1) is 0 Å². The molecule has 1 aliphatic rings. The summed E-state index contributed by atoms with van der Waals surface area (Å²) >= 11 is 0. The Morgan fingerprint density at radius 2 is 1.11 bits per heavy atom. The van der Waals surface area contributed by atoms with Gasteiger partial charge in [-0.05, 0) is 18.4 Å². The highest BCUT2D eigenvalue weighted by atomic mass is 15.4. The SMILES string of the molecule is CCCCCCCCN1C=CN(CCCCCCC)C1Cc1ccccc1. The van der Waals surface area contributed by atoms with Crippen molar-refractivity contribution in [1.82, 2.24) is 9.80 Å². The molecule has 1 atom stereocenters. The summed E-state index contributed by atoms with van der Waals surface area (Å²) in [7, 11) is 0. The van der Waals surface area contributed by atoms with Crippen LogP contribution in [-0.2, 0) is 6.42 Å². The Labute approximate surface area is 168 Å². The lowest BCUT2D eigenvalue weighted by molar-refractivity contribution is 0.148. The molecule has 1 aromatic rings. The first kappa shape index (κ1) is 21.9. The van der Waals surface area contributed by atoms with E-state index in [-0.39, 0.29) is 0 Å². The van der Waals surface area contributed by atoms with Gasteiger partial charge in [-0.1, -0.05) is 102 Å². The third-order valence-corrected chi connectivity index (χ3v) is 5.77. The van der Waals surface area contributed by atoms with Crippen molar-refractivity contribution in [1.29, 1.82) is 0 Å². The van der Waals surface area contributed by atoms with Gasteiger partial charge in [0.15, 0.2) is 0 Å². The van der Waals surface area contributed by atoms with E-state index in [0.29, 0.717) is 6.17 Å². The zero-order valence-electron chi connectivity index (χ0n) is 17.9. The van der Waals surface area contributed by atoms with E-state index in [0.717, 1.165) is 6.42 Å². The Hall–Kier alpha value is -1.44. The van der Waals surface area contributed by atoms with Crippen molar-refractivity contribution < 1.29 is 0 Å². The van der Waals surface area contributed by atoms with Crippen molar-refractivity contribution in [2.45, 2.75) is 97.1 Å². The Balaban J connectivity index is 1.81. The molecule has 1 aromatic carbocycles. The van der Waals surface area contributed by atoms with Crippen LogP contribution in [0.1, 0.15) is 90.0 Å². The van der Waals surface area contributed by atoms with Gasteiger partial charge >= 0.3 is 0 Å². The second kappa shape index (κ2) is 13.7. The van der Waals surface area contributed by atoms with Crippen LogP contribution in [0.3, 0.4) is 0 Å². The van der Waals surface area contributed by atoms with Gasteiger partial charge in [0, 0.05) is 31.9 Å². The standard InChI is InChI=1S/C25H42N2/c1-3-5-7-9-11-16-20-27-22-21-26(19-15-10-8-6-4-2)25(27)23-24-17-13-12-14-18-24/h12-14,17-18,21-22,25H,3-11,15-16,19-20,23H2,1-2H3. The van der Waals surface area contributed by atoms with Gasteiger partial charge in [0.1, 0.15) is 6.17 Å². The van der Waals surface area contributed by atoms with Gasteiger partial charge < -0.3 is 9.80 Å². The fourth-order valence-corrected chi connectivity index (χ4v) is 4.04. The van der Waals surface area contributed by atoms with Gasteiger partial charge in [0.05, 0.1) is 0 Å². The maximum Gasteiger partial charge on any atom is 0.105 e. The quantitative estimate of drug-likeness (QED) is 0.307.